The maximum atomic E-state index is 14.0. The minimum atomic E-state index is -3.92. The minimum absolute atomic E-state index is 0.164. The summed E-state index contributed by atoms with van der Waals surface area (Å²) in [6.45, 7) is 6.05. The van der Waals surface area contributed by atoms with Crippen molar-refractivity contribution in [1.82, 2.24) is 9.62 Å². The highest BCUT2D eigenvalue weighted by atomic mass is 35.5. The first-order valence-corrected chi connectivity index (χ1v) is 15.6. The van der Waals surface area contributed by atoms with Gasteiger partial charge in [-0.15, -0.1) is 0 Å². The molecule has 1 fully saturated rings. The number of nitrogens with zero attached hydrogens (tertiary/aromatic N) is 2. The van der Waals surface area contributed by atoms with Gasteiger partial charge in [0.15, 0.2) is 6.61 Å². The summed E-state index contributed by atoms with van der Waals surface area (Å²) in [6.07, 6.45) is 2.60. The molecule has 1 aliphatic heterocycles. The third-order valence-electron chi connectivity index (χ3n) is 7.54. The van der Waals surface area contributed by atoms with Crippen LogP contribution in [0.4, 0.5) is 11.4 Å². The van der Waals surface area contributed by atoms with Crippen LogP contribution >= 0.6 is 11.6 Å². The molecule has 5 rings (SSSR count). The number of anilines is 2. The number of rotatable bonds is 9. The Morgan fingerprint density at radius 3 is 2.52 bits per heavy atom. The first-order valence-electron chi connectivity index (χ1n) is 13.7. The molecule has 0 radical (unpaired) electrons. The quantitative estimate of drug-likeness (QED) is 0.375. The highest BCUT2D eigenvalue weighted by Crippen LogP contribution is 2.34. The number of amides is 1. The van der Waals surface area contributed by atoms with Gasteiger partial charge in [-0.2, -0.15) is 0 Å². The van der Waals surface area contributed by atoms with Crippen LogP contribution in [0.5, 0.6) is 5.75 Å². The van der Waals surface area contributed by atoms with Gasteiger partial charge < -0.3 is 19.9 Å². The molecule has 0 saturated carbocycles. The molecule has 10 heteroatoms. The number of likely N-dealkylation sites (N-methyl/N-ethyl adjacent to an activating group) is 1. The van der Waals surface area contributed by atoms with E-state index in [1.807, 2.05) is 18.2 Å². The van der Waals surface area contributed by atoms with Crippen molar-refractivity contribution in [3.63, 3.8) is 0 Å². The zero-order valence-electron chi connectivity index (χ0n) is 22.6. The van der Waals surface area contributed by atoms with Crippen molar-refractivity contribution in [2.45, 2.75) is 37.1 Å². The van der Waals surface area contributed by atoms with Crippen molar-refractivity contribution < 1.29 is 17.9 Å². The van der Waals surface area contributed by atoms with Gasteiger partial charge in [0.2, 0.25) is 10.0 Å². The maximum absolute atomic E-state index is 14.0. The average molecular weight is 583 g/mol. The van der Waals surface area contributed by atoms with E-state index in [4.69, 9.17) is 16.3 Å². The van der Waals surface area contributed by atoms with E-state index in [1.165, 1.54) is 5.56 Å². The van der Waals surface area contributed by atoms with Gasteiger partial charge in [-0.1, -0.05) is 42.8 Å². The van der Waals surface area contributed by atoms with Gasteiger partial charge in [-0.05, 0) is 79.4 Å². The summed E-state index contributed by atoms with van der Waals surface area (Å²) in [7, 11) is -3.92. The van der Waals surface area contributed by atoms with Crippen molar-refractivity contribution in [3.05, 3.63) is 82.9 Å². The Morgan fingerprint density at radius 1 is 1.02 bits per heavy atom. The summed E-state index contributed by atoms with van der Waals surface area (Å²) < 4.78 is 36.5. The number of fused-ring (bicyclic) bond motifs is 1. The number of hydrogen-bond acceptors (Lipinski definition) is 6. The summed E-state index contributed by atoms with van der Waals surface area (Å²) in [5.74, 6) is 0.123. The Morgan fingerprint density at radius 2 is 1.77 bits per heavy atom. The lowest BCUT2D eigenvalue weighted by molar-refractivity contribution is -0.118. The van der Waals surface area contributed by atoms with Crippen LogP contribution in [0.2, 0.25) is 5.02 Å². The van der Waals surface area contributed by atoms with Gasteiger partial charge in [0.05, 0.1) is 5.69 Å². The number of carbonyl (C=O) groups excluding carboxylic acids is 1. The molecule has 0 aromatic heterocycles. The topological polar surface area (TPSA) is 91.0 Å². The van der Waals surface area contributed by atoms with Gasteiger partial charge in [0, 0.05) is 42.9 Å². The monoisotopic (exact) mass is 582 g/mol. The molecule has 3 aromatic rings. The van der Waals surface area contributed by atoms with E-state index in [1.54, 1.807) is 42.5 Å². The molecule has 1 heterocycles. The van der Waals surface area contributed by atoms with Crippen LogP contribution in [0, 0.1) is 0 Å². The molecule has 1 amide bonds. The molecular weight excluding hydrogens is 548 g/mol. The molecule has 2 aliphatic rings. The summed E-state index contributed by atoms with van der Waals surface area (Å²) in [6, 6.07) is 19.5. The molecular formula is C30H35ClN4O4S. The third kappa shape index (κ3) is 6.78. The van der Waals surface area contributed by atoms with Crippen LogP contribution in [0.15, 0.2) is 71.6 Å². The minimum Gasteiger partial charge on any atom is -0.484 e. The SMILES string of the molecule is CCN1CCN(c2ccc(NC(=O)COc3ccc(Cl)cc3)cc2S(=O)(=O)N[C@@H]2CCCc3ccccc32)CC1. The second kappa shape index (κ2) is 12.6. The predicted octanol–water partition coefficient (Wildman–Crippen LogP) is 4.86. The number of halogens is 1. The highest BCUT2D eigenvalue weighted by Gasteiger charge is 2.30. The number of piperazine rings is 1. The molecule has 0 bridgehead atoms. The molecule has 0 spiro atoms. The number of ether oxygens (including phenoxy) is 1. The van der Waals surface area contributed by atoms with Crippen molar-refractivity contribution in [1.29, 1.82) is 0 Å². The predicted molar refractivity (Wildman–Crippen MR) is 159 cm³/mol. The molecule has 2 N–H and O–H groups in total. The molecule has 8 nitrogen and oxygen atoms in total. The third-order valence-corrected chi connectivity index (χ3v) is 9.30. The fourth-order valence-electron chi connectivity index (χ4n) is 5.38. The summed E-state index contributed by atoms with van der Waals surface area (Å²) in [5.41, 5.74) is 3.24. The van der Waals surface area contributed by atoms with E-state index in [0.717, 1.165) is 57.5 Å². The molecule has 1 atom stereocenters. The van der Waals surface area contributed by atoms with Crippen molar-refractivity contribution in [2.24, 2.45) is 0 Å². The van der Waals surface area contributed by atoms with E-state index in [2.05, 4.69) is 32.8 Å². The number of hydrogen-bond donors (Lipinski definition) is 2. The molecule has 3 aromatic carbocycles. The van der Waals surface area contributed by atoms with E-state index >= 15 is 0 Å². The fraction of sp³-hybridized carbons (Fsp3) is 0.367. The zero-order valence-corrected chi connectivity index (χ0v) is 24.2. The average Bonchev–Trinajstić information content (AvgIpc) is 2.97. The van der Waals surface area contributed by atoms with Crippen LogP contribution in [0.3, 0.4) is 0 Å². The van der Waals surface area contributed by atoms with E-state index in [-0.39, 0.29) is 17.5 Å². The van der Waals surface area contributed by atoms with Gasteiger partial charge >= 0.3 is 0 Å². The van der Waals surface area contributed by atoms with Gasteiger partial charge in [-0.25, -0.2) is 13.1 Å². The largest absolute Gasteiger partial charge is 0.484 e. The van der Waals surface area contributed by atoms with Crippen LogP contribution in [-0.2, 0) is 21.2 Å². The van der Waals surface area contributed by atoms with Crippen molar-refractivity contribution in [2.75, 3.05) is 49.5 Å². The smallest absolute Gasteiger partial charge is 0.262 e. The Balaban J connectivity index is 1.38. The lowest BCUT2D eigenvalue weighted by Gasteiger charge is -2.36. The number of carbonyl (C=O) groups is 1. The lowest BCUT2D eigenvalue weighted by atomic mass is 9.88. The van der Waals surface area contributed by atoms with E-state index in [9.17, 15) is 13.2 Å². The van der Waals surface area contributed by atoms with Gasteiger partial charge in [-0.3, -0.25) is 4.79 Å². The molecule has 212 valence electrons. The molecule has 40 heavy (non-hydrogen) atoms. The standard InChI is InChI=1S/C30H35ClN4O4S/c1-2-34-16-18-35(19-17-34)28-15-12-24(32-30(36)21-39-25-13-10-23(31)11-14-25)20-29(28)40(37,38)33-27-9-5-7-22-6-3-4-8-26(22)27/h3-4,6,8,10-15,20,27,33H,2,5,7,9,16-19,21H2,1H3,(H,32,36)/t27-/m1/s1. The van der Waals surface area contributed by atoms with Gasteiger partial charge in [0.1, 0.15) is 10.6 Å². The van der Waals surface area contributed by atoms with Crippen LogP contribution in [-0.4, -0.2) is 58.6 Å². The first kappa shape index (κ1) is 28.4. The lowest BCUT2D eigenvalue weighted by Crippen LogP contribution is -2.46. The number of nitrogens with one attached hydrogen (secondary N) is 2. The Kier molecular flexibility index (Phi) is 8.95. The Hall–Kier alpha value is -3.11. The van der Waals surface area contributed by atoms with Crippen molar-refractivity contribution >= 4 is 38.9 Å². The summed E-state index contributed by atoms with van der Waals surface area (Å²) in [5, 5.41) is 3.37. The summed E-state index contributed by atoms with van der Waals surface area (Å²) in [4.78, 5) is 17.3. The second-order valence-corrected chi connectivity index (χ2v) is 12.3. The summed E-state index contributed by atoms with van der Waals surface area (Å²) >= 11 is 5.91. The first-order chi connectivity index (χ1) is 19.3. The van der Waals surface area contributed by atoms with Crippen molar-refractivity contribution in [3.8, 4) is 5.75 Å². The van der Waals surface area contributed by atoms with E-state index in [0.29, 0.717) is 22.1 Å². The number of aryl methyl sites for hydroxylation is 1. The van der Waals surface area contributed by atoms with Crippen LogP contribution < -0.4 is 19.7 Å². The highest BCUT2D eigenvalue weighted by molar-refractivity contribution is 7.89. The van der Waals surface area contributed by atoms with Crippen LogP contribution in [0.1, 0.15) is 36.9 Å². The second-order valence-electron chi connectivity index (χ2n) is 10.2. The molecule has 0 unspecified atom stereocenters. The van der Waals surface area contributed by atoms with Gasteiger partial charge in [0.25, 0.3) is 5.91 Å². The molecule has 1 saturated heterocycles. The number of benzene rings is 3. The Labute approximate surface area is 241 Å². The fourth-order valence-corrected chi connectivity index (χ4v) is 7.00. The maximum Gasteiger partial charge on any atom is 0.262 e. The normalized spacial score (nSPS) is 17.8. The van der Waals surface area contributed by atoms with E-state index < -0.39 is 15.9 Å². The zero-order chi connectivity index (χ0) is 28.1. The Bertz CT molecular complexity index is 1440. The van der Waals surface area contributed by atoms with Crippen LogP contribution in [0.25, 0.3) is 0 Å². The number of sulfonamides is 1. The molecule has 1 aliphatic carbocycles.